The van der Waals surface area contributed by atoms with Gasteiger partial charge in [0.25, 0.3) is 0 Å². The summed E-state index contributed by atoms with van der Waals surface area (Å²) in [4.78, 5) is 18.5. The topological polar surface area (TPSA) is 59.4 Å². The van der Waals surface area contributed by atoms with E-state index in [9.17, 15) is 4.79 Å². The molecule has 3 heterocycles. The summed E-state index contributed by atoms with van der Waals surface area (Å²) in [5.41, 5.74) is 1.98. The molecule has 2 aromatic heterocycles. The third-order valence-electron chi connectivity index (χ3n) is 4.48. The minimum atomic E-state index is -0.286. The molecule has 2 aromatic rings. The maximum absolute atomic E-state index is 12.1. The van der Waals surface area contributed by atoms with Crippen molar-refractivity contribution in [1.82, 2.24) is 19.8 Å². The average molecular weight is 372 g/mol. The number of carbonyl (C=O) groups excluding carboxylic acids is 1. The molecule has 0 amide bonds. The van der Waals surface area contributed by atoms with Crippen molar-refractivity contribution < 1.29 is 9.53 Å². The van der Waals surface area contributed by atoms with Gasteiger partial charge in [0.15, 0.2) is 5.11 Å². The van der Waals surface area contributed by atoms with Crippen LogP contribution in [0.25, 0.3) is 0 Å². The van der Waals surface area contributed by atoms with Crippen LogP contribution >= 0.6 is 12.2 Å². The molecule has 1 aliphatic heterocycles. The SMILES string of the molecule is CCOC(=O)CN1C(=S)N[C@@H](c2ccccn2)[C@@H]1c1ccn(C(C)C)c1. The lowest BCUT2D eigenvalue weighted by Crippen LogP contribution is -2.35. The molecule has 1 fully saturated rings. The lowest BCUT2D eigenvalue weighted by Gasteiger charge is -2.26. The van der Waals surface area contributed by atoms with Gasteiger partial charge in [0.1, 0.15) is 6.54 Å². The van der Waals surface area contributed by atoms with E-state index in [0.29, 0.717) is 17.8 Å². The summed E-state index contributed by atoms with van der Waals surface area (Å²) in [5.74, 6) is -0.286. The fourth-order valence-electron chi connectivity index (χ4n) is 3.21. The Hall–Kier alpha value is -2.41. The Bertz CT molecular complexity index is 775. The second-order valence-corrected chi connectivity index (χ2v) is 6.93. The van der Waals surface area contributed by atoms with Gasteiger partial charge in [0.2, 0.25) is 0 Å². The van der Waals surface area contributed by atoms with Gasteiger partial charge in [-0.1, -0.05) is 6.07 Å². The number of pyridine rings is 1. The normalized spacial score (nSPS) is 19.7. The number of nitrogens with one attached hydrogen (secondary N) is 1. The highest BCUT2D eigenvalue weighted by molar-refractivity contribution is 7.80. The molecule has 1 N–H and O–H groups in total. The fourth-order valence-corrected chi connectivity index (χ4v) is 3.52. The van der Waals surface area contributed by atoms with E-state index in [1.54, 1.807) is 13.1 Å². The highest BCUT2D eigenvalue weighted by Gasteiger charge is 2.41. The van der Waals surface area contributed by atoms with Crippen LogP contribution in [0.5, 0.6) is 0 Å². The van der Waals surface area contributed by atoms with E-state index in [0.717, 1.165) is 11.3 Å². The monoisotopic (exact) mass is 372 g/mol. The van der Waals surface area contributed by atoms with Crippen LogP contribution in [0, 0.1) is 0 Å². The van der Waals surface area contributed by atoms with Crippen molar-refractivity contribution in [2.45, 2.75) is 38.9 Å². The summed E-state index contributed by atoms with van der Waals surface area (Å²) >= 11 is 5.53. The number of hydrogen-bond acceptors (Lipinski definition) is 4. The Labute approximate surface area is 159 Å². The van der Waals surface area contributed by atoms with Crippen LogP contribution in [-0.4, -0.2) is 38.7 Å². The van der Waals surface area contributed by atoms with E-state index in [4.69, 9.17) is 17.0 Å². The van der Waals surface area contributed by atoms with Crippen LogP contribution < -0.4 is 5.32 Å². The zero-order valence-electron chi connectivity index (χ0n) is 15.3. The van der Waals surface area contributed by atoms with Gasteiger partial charge in [-0.05, 0) is 56.8 Å². The molecule has 1 saturated heterocycles. The molecule has 0 spiro atoms. The Kier molecular flexibility index (Phi) is 5.56. The molecular weight excluding hydrogens is 348 g/mol. The smallest absolute Gasteiger partial charge is 0.325 e. The predicted molar refractivity (Wildman–Crippen MR) is 104 cm³/mol. The van der Waals surface area contributed by atoms with Crippen molar-refractivity contribution in [2.75, 3.05) is 13.2 Å². The van der Waals surface area contributed by atoms with E-state index in [1.807, 2.05) is 23.1 Å². The second kappa shape index (κ2) is 7.86. The summed E-state index contributed by atoms with van der Waals surface area (Å²) < 4.78 is 7.28. The van der Waals surface area contributed by atoms with Crippen molar-refractivity contribution in [3.63, 3.8) is 0 Å². The van der Waals surface area contributed by atoms with Gasteiger partial charge >= 0.3 is 5.97 Å². The molecule has 7 heteroatoms. The van der Waals surface area contributed by atoms with Crippen molar-refractivity contribution in [1.29, 1.82) is 0 Å². The summed E-state index contributed by atoms with van der Waals surface area (Å²) in [6.45, 7) is 6.53. The van der Waals surface area contributed by atoms with Crippen molar-refractivity contribution in [3.05, 3.63) is 54.1 Å². The van der Waals surface area contributed by atoms with Crippen LogP contribution in [0.1, 0.15) is 50.2 Å². The van der Waals surface area contributed by atoms with E-state index >= 15 is 0 Å². The molecule has 2 atom stereocenters. The van der Waals surface area contributed by atoms with Crippen LogP contribution in [0.15, 0.2) is 42.9 Å². The first-order valence-corrected chi connectivity index (χ1v) is 9.23. The van der Waals surface area contributed by atoms with E-state index in [2.05, 4.69) is 47.2 Å². The molecule has 0 saturated carbocycles. The van der Waals surface area contributed by atoms with Gasteiger partial charge in [-0.2, -0.15) is 0 Å². The fraction of sp³-hybridized carbons (Fsp3) is 0.421. The molecule has 0 radical (unpaired) electrons. The number of aromatic nitrogens is 2. The van der Waals surface area contributed by atoms with E-state index < -0.39 is 0 Å². The highest BCUT2D eigenvalue weighted by atomic mass is 32.1. The van der Waals surface area contributed by atoms with Crippen LogP contribution in [0.2, 0.25) is 0 Å². The average Bonchev–Trinajstić information content (AvgIpc) is 3.22. The number of esters is 1. The molecule has 138 valence electrons. The quantitative estimate of drug-likeness (QED) is 0.621. The maximum atomic E-state index is 12.1. The molecule has 26 heavy (non-hydrogen) atoms. The molecule has 0 unspecified atom stereocenters. The zero-order chi connectivity index (χ0) is 18.7. The molecule has 0 aromatic carbocycles. The summed E-state index contributed by atoms with van der Waals surface area (Å²) in [6, 6.07) is 8.00. The van der Waals surface area contributed by atoms with E-state index in [-0.39, 0.29) is 24.6 Å². The van der Waals surface area contributed by atoms with Crippen molar-refractivity contribution >= 4 is 23.3 Å². The number of ether oxygens (including phenoxy) is 1. The van der Waals surface area contributed by atoms with E-state index in [1.165, 1.54) is 0 Å². The molecule has 0 bridgehead atoms. The third-order valence-corrected chi connectivity index (χ3v) is 4.83. The largest absolute Gasteiger partial charge is 0.465 e. The zero-order valence-corrected chi connectivity index (χ0v) is 16.1. The first kappa shape index (κ1) is 18.4. The van der Waals surface area contributed by atoms with Crippen LogP contribution in [0.3, 0.4) is 0 Å². The lowest BCUT2D eigenvalue weighted by atomic mass is 9.99. The van der Waals surface area contributed by atoms with Crippen LogP contribution in [-0.2, 0) is 9.53 Å². The molecule has 3 rings (SSSR count). The third kappa shape index (κ3) is 3.72. The van der Waals surface area contributed by atoms with Crippen molar-refractivity contribution in [2.24, 2.45) is 0 Å². The number of thiocarbonyl (C=S) groups is 1. The first-order valence-electron chi connectivity index (χ1n) is 8.82. The number of carbonyl (C=O) groups is 1. The number of rotatable bonds is 6. The molecular formula is C19H24N4O2S. The van der Waals surface area contributed by atoms with Crippen molar-refractivity contribution in [3.8, 4) is 0 Å². The number of hydrogen-bond donors (Lipinski definition) is 1. The second-order valence-electron chi connectivity index (χ2n) is 6.55. The van der Waals surface area contributed by atoms with Gasteiger partial charge in [-0.3, -0.25) is 9.78 Å². The summed E-state index contributed by atoms with van der Waals surface area (Å²) in [5, 5.41) is 3.87. The minimum absolute atomic E-state index is 0.112. The highest BCUT2D eigenvalue weighted by Crippen LogP contribution is 2.38. The Balaban J connectivity index is 1.96. The van der Waals surface area contributed by atoms with Gasteiger partial charge in [-0.15, -0.1) is 0 Å². The van der Waals surface area contributed by atoms with Gasteiger partial charge in [0, 0.05) is 24.6 Å². The van der Waals surface area contributed by atoms with Gasteiger partial charge in [-0.25, -0.2) is 0 Å². The Morgan fingerprint density at radius 3 is 2.81 bits per heavy atom. The molecule has 0 aliphatic carbocycles. The Morgan fingerprint density at radius 1 is 1.38 bits per heavy atom. The number of nitrogens with zero attached hydrogens (tertiary/aromatic N) is 3. The molecule has 1 aliphatic rings. The Morgan fingerprint density at radius 2 is 2.19 bits per heavy atom. The summed E-state index contributed by atoms with van der Waals surface area (Å²) in [7, 11) is 0. The summed E-state index contributed by atoms with van der Waals surface area (Å²) in [6.07, 6.45) is 5.93. The van der Waals surface area contributed by atoms with Gasteiger partial charge in [0.05, 0.1) is 24.4 Å². The standard InChI is InChI=1S/C19H24N4O2S/c1-4-25-16(24)12-23-18(14-8-10-22(11-14)13(2)3)17(21-19(23)26)15-7-5-6-9-20-15/h5-11,13,17-18H,4,12H2,1-3H3,(H,21,26)/t17-,18-/m0/s1. The minimum Gasteiger partial charge on any atom is -0.465 e. The maximum Gasteiger partial charge on any atom is 0.325 e. The first-order chi connectivity index (χ1) is 12.5. The van der Waals surface area contributed by atoms with Crippen LogP contribution in [0.4, 0.5) is 0 Å². The predicted octanol–water partition coefficient (Wildman–Crippen LogP) is 3.00. The lowest BCUT2D eigenvalue weighted by molar-refractivity contribution is -0.143. The van der Waals surface area contributed by atoms with Gasteiger partial charge < -0.3 is 19.5 Å². The molecule has 6 nitrogen and oxygen atoms in total.